The average molecular weight is 378 g/mol. The first-order valence-corrected chi connectivity index (χ1v) is 7.35. The third-order valence-electron chi connectivity index (χ3n) is 2.19. The van der Waals surface area contributed by atoms with Crippen molar-refractivity contribution in [3.63, 3.8) is 0 Å². The van der Waals surface area contributed by atoms with E-state index in [2.05, 4.69) is 31.9 Å². The summed E-state index contributed by atoms with van der Waals surface area (Å²) in [7, 11) is 0. The second-order valence-corrected chi connectivity index (χ2v) is 6.87. The zero-order valence-corrected chi connectivity index (χ0v) is 12.8. The van der Waals surface area contributed by atoms with Crippen LogP contribution in [0.5, 0.6) is 5.75 Å². The van der Waals surface area contributed by atoms with Crippen molar-refractivity contribution in [1.29, 1.82) is 0 Å². The molecule has 1 N–H and O–H groups in total. The largest absolute Gasteiger partial charge is 0.488 e. The molecular weight excluding hydrogens is 368 g/mol. The fourth-order valence-electron chi connectivity index (χ4n) is 1.39. The predicted octanol–water partition coefficient (Wildman–Crippen LogP) is 4.34. The molecule has 2 nitrogen and oxygen atoms in total. The Morgan fingerprint density at radius 2 is 2.00 bits per heavy atom. The molecule has 0 aliphatic rings. The van der Waals surface area contributed by atoms with Gasteiger partial charge in [-0.25, -0.2) is 0 Å². The van der Waals surface area contributed by atoms with E-state index < -0.39 is 0 Å². The first-order chi connectivity index (χ1) is 8.19. The van der Waals surface area contributed by atoms with Gasteiger partial charge in [-0.15, -0.1) is 11.3 Å². The highest BCUT2D eigenvalue weighted by molar-refractivity contribution is 9.11. The zero-order valence-electron chi connectivity index (χ0n) is 8.82. The average Bonchev–Trinajstić information content (AvgIpc) is 2.73. The van der Waals surface area contributed by atoms with Crippen LogP contribution in [0.3, 0.4) is 0 Å². The molecule has 0 fully saturated rings. The van der Waals surface area contributed by atoms with E-state index in [1.165, 1.54) is 0 Å². The van der Waals surface area contributed by atoms with Crippen molar-refractivity contribution in [1.82, 2.24) is 0 Å². The van der Waals surface area contributed by atoms with Crippen LogP contribution in [0.15, 0.2) is 38.6 Å². The number of aliphatic hydroxyl groups is 1. The van der Waals surface area contributed by atoms with Crippen molar-refractivity contribution in [3.8, 4) is 5.75 Å². The standard InChI is InChI=1S/C12H10Br2O2S/c13-9-1-3-11(8(5-9)6-15)16-7-10-2-4-12(14)17-10/h1-5,15H,6-7H2. The summed E-state index contributed by atoms with van der Waals surface area (Å²) in [4.78, 5) is 1.14. The number of benzene rings is 1. The van der Waals surface area contributed by atoms with Gasteiger partial charge >= 0.3 is 0 Å². The molecule has 0 radical (unpaired) electrons. The summed E-state index contributed by atoms with van der Waals surface area (Å²) in [5, 5.41) is 9.24. The van der Waals surface area contributed by atoms with E-state index in [1.54, 1.807) is 11.3 Å². The van der Waals surface area contributed by atoms with Gasteiger partial charge in [-0.05, 0) is 46.3 Å². The number of halogens is 2. The highest BCUT2D eigenvalue weighted by atomic mass is 79.9. The number of rotatable bonds is 4. The first-order valence-electron chi connectivity index (χ1n) is 4.95. The summed E-state index contributed by atoms with van der Waals surface area (Å²) >= 11 is 8.42. The molecule has 5 heteroatoms. The fourth-order valence-corrected chi connectivity index (χ4v) is 3.20. The van der Waals surface area contributed by atoms with Crippen LogP contribution in [-0.2, 0) is 13.2 Å². The Bertz CT molecular complexity index is 511. The molecule has 2 aromatic rings. The first kappa shape index (κ1) is 13.1. The molecule has 0 aliphatic heterocycles. The normalized spacial score (nSPS) is 10.5. The number of aliphatic hydroxyl groups excluding tert-OH is 1. The topological polar surface area (TPSA) is 29.5 Å². The van der Waals surface area contributed by atoms with E-state index in [0.29, 0.717) is 6.61 Å². The van der Waals surface area contributed by atoms with Gasteiger partial charge in [-0.1, -0.05) is 15.9 Å². The lowest BCUT2D eigenvalue weighted by molar-refractivity contribution is 0.260. The molecule has 1 aromatic carbocycles. The lowest BCUT2D eigenvalue weighted by Gasteiger charge is -2.09. The molecule has 0 amide bonds. The van der Waals surface area contributed by atoms with Crippen LogP contribution in [0.1, 0.15) is 10.4 Å². The van der Waals surface area contributed by atoms with Gasteiger partial charge in [0.2, 0.25) is 0 Å². The maximum Gasteiger partial charge on any atom is 0.125 e. The Labute approximate surface area is 121 Å². The molecular formula is C12H10Br2O2S. The smallest absolute Gasteiger partial charge is 0.125 e. The minimum absolute atomic E-state index is 0.0249. The molecule has 0 bridgehead atoms. The van der Waals surface area contributed by atoms with Crippen LogP contribution in [-0.4, -0.2) is 5.11 Å². The van der Waals surface area contributed by atoms with Gasteiger partial charge in [0.25, 0.3) is 0 Å². The summed E-state index contributed by atoms with van der Waals surface area (Å²) in [5.41, 5.74) is 0.787. The number of thiophene rings is 1. The van der Waals surface area contributed by atoms with Gasteiger partial charge in [0.05, 0.1) is 10.4 Å². The van der Waals surface area contributed by atoms with Crippen molar-refractivity contribution in [2.75, 3.05) is 0 Å². The SMILES string of the molecule is OCc1cc(Br)ccc1OCc1ccc(Br)s1. The second kappa shape index (κ2) is 6.00. The molecule has 2 rings (SSSR count). The Hall–Kier alpha value is -0.360. The maximum absolute atomic E-state index is 9.24. The summed E-state index contributed by atoms with van der Waals surface area (Å²) in [6, 6.07) is 9.64. The van der Waals surface area contributed by atoms with E-state index in [1.807, 2.05) is 30.3 Å². The van der Waals surface area contributed by atoms with E-state index in [-0.39, 0.29) is 6.61 Å². The van der Waals surface area contributed by atoms with Gasteiger partial charge < -0.3 is 9.84 Å². The maximum atomic E-state index is 9.24. The van der Waals surface area contributed by atoms with E-state index in [9.17, 15) is 5.11 Å². The molecule has 90 valence electrons. The van der Waals surface area contributed by atoms with Crippen molar-refractivity contribution >= 4 is 43.2 Å². The molecule has 1 heterocycles. The van der Waals surface area contributed by atoms with Crippen molar-refractivity contribution in [2.24, 2.45) is 0 Å². The van der Waals surface area contributed by atoms with Crippen LogP contribution in [0.25, 0.3) is 0 Å². The lowest BCUT2D eigenvalue weighted by atomic mass is 10.2. The molecule has 0 spiro atoms. The van der Waals surface area contributed by atoms with Crippen LogP contribution in [0.2, 0.25) is 0 Å². The third kappa shape index (κ3) is 3.55. The highest BCUT2D eigenvalue weighted by Crippen LogP contribution is 2.26. The Morgan fingerprint density at radius 3 is 2.65 bits per heavy atom. The molecule has 0 aliphatic carbocycles. The minimum Gasteiger partial charge on any atom is -0.488 e. The third-order valence-corrected chi connectivity index (χ3v) is 4.28. The Morgan fingerprint density at radius 1 is 1.18 bits per heavy atom. The van der Waals surface area contributed by atoms with Crippen LogP contribution in [0, 0.1) is 0 Å². The fraction of sp³-hybridized carbons (Fsp3) is 0.167. The monoisotopic (exact) mass is 376 g/mol. The van der Waals surface area contributed by atoms with Gasteiger partial charge in [-0.2, -0.15) is 0 Å². The van der Waals surface area contributed by atoms with E-state index in [4.69, 9.17) is 4.74 Å². The summed E-state index contributed by atoms with van der Waals surface area (Å²) in [5.74, 6) is 0.722. The van der Waals surface area contributed by atoms with Crippen LogP contribution >= 0.6 is 43.2 Å². The molecule has 17 heavy (non-hydrogen) atoms. The molecule has 0 saturated carbocycles. The van der Waals surface area contributed by atoms with Crippen LogP contribution in [0.4, 0.5) is 0 Å². The number of hydrogen-bond acceptors (Lipinski definition) is 3. The van der Waals surface area contributed by atoms with E-state index >= 15 is 0 Å². The Balaban J connectivity index is 2.08. The van der Waals surface area contributed by atoms with Gasteiger partial charge in [0, 0.05) is 14.9 Å². The van der Waals surface area contributed by atoms with E-state index in [0.717, 1.165) is 24.4 Å². The Kier molecular flexibility index (Phi) is 4.62. The summed E-state index contributed by atoms with van der Waals surface area (Å²) in [6.45, 7) is 0.494. The minimum atomic E-state index is -0.0249. The van der Waals surface area contributed by atoms with Crippen molar-refractivity contribution < 1.29 is 9.84 Å². The van der Waals surface area contributed by atoms with Crippen molar-refractivity contribution in [2.45, 2.75) is 13.2 Å². The molecule has 0 saturated heterocycles. The van der Waals surface area contributed by atoms with Crippen molar-refractivity contribution in [3.05, 3.63) is 49.0 Å². The summed E-state index contributed by atoms with van der Waals surface area (Å²) in [6.07, 6.45) is 0. The van der Waals surface area contributed by atoms with Gasteiger partial charge in [0.15, 0.2) is 0 Å². The van der Waals surface area contributed by atoms with Gasteiger partial charge in [-0.3, -0.25) is 0 Å². The van der Waals surface area contributed by atoms with Gasteiger partial charge in [0.1, 0.15) is 12.4 Å². The molecule has 0 unspecified atom stereocenters. The predicted molar refractivity (Wildman–Crippen MR) is 76.4 cm³/mol. The lowest BCUT2D eigenvalue weighted by Crippen LogP contribution is -1.97. The number of ether oxygens (including phenoxy) is 1. The van der Waals surface area contributed by atoms with Crippen LogP contribution < -0.4 is 4.74 Å². The zero-order chi connectivity index (χ0) is 12.3. The molecule has 1 aromatic heterocycles. The highest BCUT2D eigenvalue weighted by Gasteiger charge is 2.05. The second-order valence-electron chi connectivity index (χ2n) is 3.40. The quantitative estimate of drug-likeness (QED) is 0.858. The molecule has 0 atom stereocenters. The summed E-state index contributed by atoms with van der Waals surface area (Å²) < 4.78 is 7.72. The number of hydrogen-bond donors (Lipinski definition) is 1.